The third kappa shape index (κ3) is 3.43. The molecule has 5 nitrogen and oxygen atoms in total. The number of primary amides is 1. The fourth-order valence-corrected chi connectivity index (χ4v) is 4.64. The van der Waals surface area contributed by atoms with Crippen molar-refractivity contribution >= 4 is 23.2 Å². The summed E-state index contributed by atoms with van der Waals surface area (Å²) >= 11 is 1.67. The lowest BCUT2D eigenvalue weighted by atomic mass is 9.90. The number of hydrogen-bond donors (Lipinski definition) is 1. The summed E-state index contributed by atoms with van der Waals surface area (Å²) in [5.41, 5.74) is 6.73. The lowest BCUT2D eigenvalue weighted by molar-refractivity contribution is -0.123. The Hall–Kier alpha value is -1.40. The molecule has 23 heavy (non-hydrogen) atoms. The van der Waals surface area contributed by atoms with E-state index >= 15 is 0 Å². The van der Waals surface area contributed by atoms with Gasteiger partial charge in [0.25, 0.3) is 5.91 Å². The van der Waals surface area contributed by atoms with Crippen molar-refractivity contribution in [1.82, 2.24) is 9.80 Å². The van der Waals surface area contributed by atoms with Crippen LogP contribution in [-0.2, 0) is 17.6 Å². The van der Waals surface area contributed by atoms with E-state index in [2.05, 4.69) is 13.0 Å². The average Bonchev–Trinajstić information content (AvgIpc) is 2.96. The van der Waals surface area contributed by atoms with Crippen molar-refractivity contribution in [2.75, 3.05) is 26.2 Å². The maximum atomic E-state index is 12.7. The van der Waals surface area contributed by atoms with Gasteiger partial charge in [-0.1, -0.05) is 6.92 Å². The molecule has 0 unspecified atom stereocenters. The molecule has 1 aromatic heterocycles. The number of nitrogens with zero attached hydrogens (tertiary/aromatic N) is 2. The van der Waals surface area contributed by atoms with Gasteiger partial charge in [-0.2, -0.15) is 0 Å². The third-order valence-electron chi connectivity index (χ3n) is 5.10. The second kappa shape index (κ2) is 6.61. The van der Waals surface area contributed by atoms with E-state index in [1.165, 1.54) is 16.9 Å². The van der Waals surface area contributed by atoms with Gasteiger partial charge in [0.1, 0.15) is 0 Å². The van der Waals surface area contributed by atoms with E-state index in [0.717, 1.165) is 23.6 Å². The molecule has 1 aliphatic carbocycles. The molecular weight excluding hydrogens is 310 g/mol. The van der Waals surface area contributed by atoms with Crippen LogP contribution in [0.25, 0.3) is 0 Å². The van der Waals surface area contributed by atoms with Gasteiger partial charge in [-0.3, -0.25) is 14.5 Å². The Balaban J connectivity index is 1.63. The van der Waals surface area contributed by atoms with E-state index in [4.69, 9.17) is 5.73 Å². The van der Waals surface area contributed by atoms with Crippen molar-refractivity contribution in [3.05, 3.63) is 21.4 Å². The van der Waals surface area contributed by atoms with Crippen LogP contribution in [0.4, 0.5) is 0 Å². The number of nitrogens with two attached hydrogens (primary N) is 1. The van der Waals surface area contributed by atoms with E-state index in [0.29, 0.717) is 26.2 Å². The predicted octanol–water partition coefficient (Wildman–Crippen LogP) is 1.50. The van der Waals surface area contributed by atoms with Gasteiger partial charge in [-0.15, -0.1) is 11.3 Å². The first-order chi connectivity index (χ1) is 11.0. The molecule has 0 bridgehead atoms. The van der Waals surface area contributed by atoms with Crippen LogP contribution in [-0.4, -0.2) is 53.8 Å². The van der Waals surface area contributed by atoms with Crippen molar-refractivity contribution in [2.45, 2.75) is 39.2 Å². The Morgan fingerprint density at radius 2 is 2.00 bits per heavy atom. The lowest BCUT2D eigenvalue weighted by Crippen LogP contribution is -2.54. The van der Waals surface area contributed by atoms with Crippen LogP contribution < -0.4 is 5.73 Å². The van der Waals surface area contributed by atoms with Crippen LogP contribution in [0.1, 0.15) is 40.4 Å². The van der Waals surface area contributed by atoms with Crippen LogP contribution in [0.3, 0.4) is 0 Å². The van der Waals surface area contributed by atoms with Gasteiger partial charge in [0.2, 0.25) is 5.91 Å². The number of amides is 2. The number of thiophene rings is 1. The summed E-state index contributed by atoms with van der Waals surface area (Å²) in [6.45, 7) is 6.84. The maximum Gasteiger partial charge on any atom is 0.264 e. The van der Waals surface area contributed by atoms with Crippen molar-refractivity contribution < 1.29 is 9.59 Å². The van der Waals surface area contributed by atoms with Crippen molar-refractivity contribution in [1.29, 1.82) is 0 Å². The highest BCUT2D eigenvalue weighted by Gasteiger charge is 2.28. The van der Waals surface area contributed by atoms with Gasteiger partial charge >= 0.3 is 0 Å². The average molecular weight is 335 g/mol. The molecule has 1 saturated heterocycles. The Kier molecular flexibility index (Phi) is 4.73. The first kappa shape index (κ1) is 16.5. The topological polar surface area (TPSA) is 66.6 Å². The maximum absolute atomic E-state index is 12.7. The number of hydrogen-bond acceptors (Lipinski definition) is 4. The summed E-state index contributed by atoms with van der Waals surface area (Å²) in [6.07, 6.45) is 3.44. The van der Waals surface area contributed by atoms with Crippen LogP contribution in [0, 0.1) is 5.92 Å². The summed E-state index contributed by atoms with van der Waals surface area (Å²) in [4.78, 5) is 30.2. The van der Waals surface area contributed by atoms with E-state index < -0.39 is 0 Å². The molecule has 0 radical (unpaired) electrons. The molecule has 0 saturated carbocycles. The lowest BCUT2D eigenvalue weighted by Gasteiger charge is -2.36. The largest absolute Gasteiger partial charge is 0.368 e. The zero-order valence-electron chi connectivity index (χ0n) is 13.9. The van der Waals surface area contributed by atoms with Gasteiger partial charge in [0.15, 0.2) is 0 Å². The van der Waals surface area contributed by atoms with E-state index in [1.807, 2.05) is 16.7 Å². The van der Waals surface area contributed by atoms with E-state index in [-0.39, 0.29) is 17.9 Å². The third-order valence-corrected chi connectivity index (χ3v) is 6.33. The fourth-order valence-electron chi connectivity index (χ4n) is 3.46. The number of carbonyl (C=O) groups is 2. The van der Waals surface area contributed by atoms with Crippen LogP contribution in [0.5, 0.6) is 0 Å². The molecule has 2 atom stereocenters. The normalized spacial score (nSPS) is 23.4. The Morgan fingerprint density at radius 1 is 1.30 bits per heavy atom. The molecule has 2 amide bonds. The van der Waals surface area contributed by atoms with Gasteiger partial charge in [-0.25, -0.2) is 0 Å². The molecule has 0 aromatic carbocycles. The molecule has 2 N–H and O–H groups in total. The van der Waals surface area contributed by atoms with Gasteiger partial charge < -0.3 is 10.6 Å². The van der Waals surface area contributed by atoms with Crippen LogP contribution in [0.2, 0.25) is 0 Å². The summed E-state index contributed by atoms with van der Waals surface area (Å²) in [5, 5.41) is 0. The van der Waals surface area contributed by atoms with E-state index in [1.54, 1.807) is 11.3 Å². The SMILES string of the molecule is C[C@@H]1CCc2sc(C(=O)N3CCN([C@H](C)C(N)=O)CC3)cc2C1. The number of fused-ring (bicyclic) bond motifs is 1. The molecule has 1 fully saturated rings. The van der Waals surface area contributed by atoms with Crippen molar-refractivity contribution in [3.8, 4) is 0 Å². The zero-order valence-corrected chi connectivity index (χ0v) is 14.7. The minimum atomic E-state index is -0.301. The number of rotatable bonds is 3. The van der Waals surface area contributed by atoms with Crippen LogP contribution in [0.15, 0.2) is 6.07 Å². The fraction of sp³-hybridized carbons (Fsp3) is 0.647. The van der Waals surface area contributed by atoms with Gasteiger partial charge in [0, 0.05) is 31.1 Å². The molecule has 1 aliphatic heterocycles. The first-order valence-electron chi connectivity index (χ1n) is 8.40. The second-order valence-corrected chi connectivity index (χ2v) is 7.95. The van der Waals surface area contributed by atoms with Crippen molar-refractivity contribution in [2.24, 2.45) is 11.7 Å². The summed E-state index contributed by atoms with van der Waals surface area (Å²) in [6, 6.07) is 1.85. The van der Waals surface area contributed by atoms with E-state index in [9.17, 15) is 9.59 Å². The minimum absolute atomic E-state index is 0.142. The Labute approximate surface area is 141 Å². The quantitative estimate of drug-likeness (QED) is 0.910. The van der Waals surface area contributed by atoms with Crippen LogP contribution >= 0.6 is 11.3 Å². The number of piperazine rings is 1. The molecular formula is C17H25N3O2S. The molecule has 2 aliphatic rings. The first-order valence-corrected chi connectivity index (χ1v) is 9.21. The molecule has 6 heteroatoms. The molecule has 2 heterocycles. The van der Waals surface area contributed by atoms with Gasteiger partial charge in [0.05, 0.1) is 10.9 Å². The highest BCUT2D eigenvalue weighted by atomic mass is 32.1. The Bertz CT molecular complexity index is 605. The molecule has 126 valence electrons. The highest BCUT2D eigenvalue weighted by Crippen LogP contribution is 2.32. The monoisotopic (exact) mass is 335 g/mol. The summed E-state index contributed by atoms with van der Waals surface area (Å²) < 4.78 is 0. The number of aryl methyl sites for hydroxylation is 1. The molecule has 1 aromatic rings. The second-order valence-electron chi connectivity index (χ2n) is 6.81. The predicted molar refractivity (Wildman–Crippen MR) is 91.6 cm³/mol. The highest BCUT2D eigenvalue weighted by molar-refractivity contribution is 7.14. The number of carbonyl (C=O) groups excluding carboxylic acids is 2. The summed E-state index contributed by atoms with van der Waals surface area (Å²) in [7, 11) is 0. The standard InChI is InChI=1S/C17H25N3O2S/c1-11-3-4-14-13(9-11)10-15(23-14)17(22)20-7-5-19(6-8-20)12(2)16(18)21/h10-12H,3-9H2,1-2H3,(H2,18,21)/t11-,12-/m1/s1. The zero-order chi connectivity index (χ0) is 16.6. The smallest absolute Gasteiger partial charge is 0.264 e. The Morgan fingerprint density at radius 3 is 2.65 bits per heavy atom. The minimum Gasteiger partial charge on any atom is -0.368 e. The molecule has 0 spiro atoms. The van der Waals surface area contributed by atoms with Crippen molar-refractivity contribution in [3.63, 3.8) is 0 Å². The van der Waals surface area contributed by atoms with Gasteiger partial charge in [-0.05, 0) is 43.7 Å². The molecule has 3 rings (SSSR count). The summed E-state index contributed by atoms with van der Waals surface area (Å²) in [5.74, 6) is 0.562.